The fourth-order valence-corrected chi connectivity index (χ4v) is 1.61. The Morgan fingerprint density at radius 2 is 2.00 bits per heavy atom. The Labute approximate surface area is 70.9 Å². The Balaban J connectivity index is 4.01. The van der Waals surface area contributed by atoms with Gasteiger partial charge in [-0.1, -0.05) is 6.92 Å². The van der Waals surface area contributed by atoms with E-state index in [0.717, 1.165) is 0 Å². The van der Waals surface area contributed by atoms with Crippen molar-refractivity contribution < 1.29 is 23.4 Å². The van der Waals surface area contributed by atoms with Crippen LogP contribution in [-0.2, 0) is 14.6 Å². The molecule has 0 spiro atoms. The number of rotatable bonds is 5. The van der Waals surface area contributed by atoms with Gasteiger partial charge in [0.2, 0.25) is 0 Å². The molecule has 0 aromatic heterocycles. The summed E-state index contributed by atoms with van der Waals surface area (Å²) < 4.78 is 21.7. The maximum absolute atomic E-state index is 10.8. The van der Waals surface area contributed by atoms with Gasteiger partial charge in [0.05, 0.1) is 18.3 Å². The van der Waals surface area contributed by atoms with Crippen LogP contribution in [0.5, 0.6) is 0 Å². The van der Waals surface area contributed by atoms with E-state index in [4.69, 9.17) is 10.2 Å². The number of hydrogen-bond acceptors (Lipinski definition) is 4. The lowest BCUT2D eigenvalue weighted by Gasteiger charge is -2.06. The van der Waals surface area contributed by atoms with E-state index < -0.39 is 34.1 Å². The second-order valence-electron chi connectivity index (χ2n) is 2.45. The highest BCUT2D eigenvalue weighted by atomic mass is 32.2. The standard InChI is InChI=1S/C6H12O5S/c1-2-12(10,11)4-5(7)3-6(8)9/h5,7H,2-4H2,1H3,(H,8,9). The first-order valence-electron chi connectivity index (χ1n) is 3.47. The molecule has 0 aliphatic heterocycles. The third kappa shape index (κ3) is 5.09. The van der Waals surface area contributed by atoms with Gasteiger partial charge in [-0.05, 0) is 0 Å². The summed E-state index contributed by atoms with van der Waals surface area (Å²) in [6.07, 6.45) is -1.83. The molecule has 0 rings (SSSR count). The van der Waals surface area contributed by atoms with E-state index in [9.17, 15) is 13.2 Å². The number of carbonyl (C=O) groups is 1. The fourth-order valence-electron chi connectivity index (χ4n) is 0.671. The quantitative estimate of drug-likeness (QED) is 0.604. The summed E-state index contributed by atoms with van der Waals surface area (Å²) in [6.45, 7) is 1.45. The van der Waals surface area contributed by atoms with Crippen molar-refractivity contribution in [2.45, 2.75) is 19.4 Å². The second kappa shape index (κ2) is 4.42. The molecule has 0 saturated heterocycles. The molecule has 0 aromatic rings. The summed E-state index contributed by atoms with van der Waals surface area (Å²) >= 11 is 0. The number of carboxylic acid groups (broad SMARTS) is 1. The molecule has 0 bridgehead atoms. The fraction of sp³-hybridized carbons (Fsp3) is 0.833. The summed E-state index contributed by atoms with van der Waals surface area (Å²) in [5.41, 5.74) is 0. The number of carboxylic acids is 1. The molecule has 2 N–H and O–H groups in total. The Bertz CT molecular complexity index is 243. The predicted octanol–water partition coefficient (Wildman–Crippen LogP) is -0.743. The van der Waals surface area contributed by atoms with Gasteiger partial charge in [0.15, 0.2) is 9.84 Å². The lowest BCUT2D eigenvalue weighted by Crippen LogP contribution is -2.24. The Morgan fingerprint density at radius 1 is 1.50 bits per heavy atom. The molecule has 0 aromatic carbocycles. The van der Waals surface area contributed by atoms with Gasteiger partial charge in [-0.3, -0.25) is 4.79 Å². The van der Waals surface area contributed by atoms with Crippen LogP contribution in [0.3, 0.4) is 0 Å². The second-order valence-corrected chi connectivity index (χ2v) is 4.85. The van der Waals surface area contributed by atoms with Crippen molar-refractivity contribution >= 4 is 15.8 Å². The van der Waals surface area contributed by atoms with E-state index in [1.807, 2.05) is 0 Å². The average molecular weight is 196 g/mol. The third-order valence-corrected chi connectivity index (χ3v) is 3.07. The molecule has 12 heavy (non-hydrogen) atoms. The van der Waals surface area contributed by atoms with Crippen LogP contribution in [0.2, 0.25) is 0 Å². The molecule has 0 aliphatic carbocycles. The van der Waals surface area contributed by atoms with Crippen molar-refractivity contribution in [2.75, 3.05) is 11.5 Å². The first kappa shape index (κ1) is 11.4. The highest BCUT2D eigenvalue weighted by Gasteiger charge is 2.17. The highest BCUT2D eigenvalue weighted by molar-refractivity contribution is 7.91. The van der Waals surface area contributed by atoms with Crippen LogP contribution in [0.15, 0.2) is 0 Å². The largest absolute Gasteiger partial charge is 0.481 e. The number of aliphatic hydroxyl groups is 1. The van der Waals surface area contributed by atoms with Crippen LogP contribution < -0.4 is 0 Å². The maximum atomic E-state index is 10.8. The zero-order valence-electron chi connectivity index (χ0n) is 6.73. The third-order valence-electron chi connectivity index (χ3n) is 1.30. The highest BCUT2D eigenvalue weighted by Crippen LogP contribution is 1.98. The summed E-state index contributed by atoms with van der Waals surface area (Å²) in [7, 11) is -3.28. The molecule has 0 heterocycles. The predicted molar refractivity (Wildman–Crippen MR) is 42.6 cm³/mol. The van der Waals surface area contributed by atoms with Crippen molar-refractivity contribution in [3.05, 3.63) is 0 Å². The van der Waals surface area contributed by atoms with E-state index in [1.165, 1.54) is 6.92 Å². The topological polar surface area (TPSA) is 91.7 Å². The van der Waals surface area contributed by atoms with Crippen molar-refractivity contribution in [1.29, 1.82) is 0 Å². The van der Waals surface area contributed by atoms with Gasteiger partial charge in [-0.15, -0.1) is 0 Å². The molecule has 0 amide bonds. The molecular weight excluding hydrogens is 184 g/mol. The summed E-state index contributed by atoms with van der Waals surface area (Å²) in [4.78, 5) is 10.0. The van der Waals surface area contributed by atoms with Gasteiger partial charge in [0.25, 0.3) is 0 Å². The molecule has 1 atom stereocenters. The van der Waals surface area contributed by atoms with Crippen LogP contribution >= 0.6 is 0 Å². The first-order chi connectivity index (χ1) is 5.37. The molecular formula is C6H12O5S. The first-order valence-corrected chi connectivity index (χ1v) is 5.30. The Morgan fingerprint density at radius 3 is 2.33 bits per heavy atom. The lowest BCUT2D eigenvalue weighted by atomic mass is 10.3. The number of aliphatic carboxylic acids is 1. The van der Waals surface area contributed by atoms with E-state index in [1.54, 1.807) is 0 Å². The molecule has 1 unspecified atom stereocenters. The molecule has 72 valence electrons. The van der Waals surface area contributed by atoms with Crippen LogP contribution in [0.1, 0.15) is 13.3 Å². The van der Waals surface area contributed by atoms with Gasteiger partial charge in [0.1, 0.15) is 0 Å². The van der Waals surface area contributed by atoms with Crippen molar-refractivity contribution in [3.8, 4) is 0 Å². The van der Waals surface area contributed by atoms with E-state index in [-0.39, 0.29) is 5.75 Å². The van der Waals surface area contributed by atoms with Crippen molar-refractivity contribution in [1.82, 2.24) is 0 Å². The molecule has 0 saturated carbocycles. The van der Waals surface area contributed by atoms with Gasteiger partial charge in [-0.2, -0.15) is 0 Å². The van der Waals surface area contributed by atoms with E-state index in [2.05, 4.69) is 0 Å². The number of aliphatic hydroxyl groups excluding tert-OH is 1. The van der Waals surface area contributed by atoms with Gasteiger partial charge < -0.3 is 10.2 Å². The number of hydrogen-bond donors (Lipinski definition) is 2. The molecule has 0 aliphatic rings. The van der Waals surface area contributed by atoms with Crippen LogP contribution in [0.4, 0.5) is 0 Å². The minimum absolute atomic E-state index is 0.0797. The summed E-state index contributed by atoms with van der Waals surface area (Å²) in [6, 6.07) is 0. The van der Waals surface area contributed by atoms with Crippen LogP contribution in [-0.4, -0.2) is 42.2 Å². The maximum Gasteiger partial charge on any atom is 0.306 e. The van der Waals surface area contributed by atoms with E-state index in [0.29, 0.717) is 0 Å². The Kier molecular flexibility index (Phi) is 4.19. The summed E-state index contributed by atoms with van der Waals surface area (Å²) in [5.74, 6) is -1.76. The van der Waals surface area contributed by atoms with Crippen molar-refractivity contribution in [3.63, 3.8) is 0 Å². The molecule has 0 fully saturated rings. The molecule has 5 nitrogen and oxygen atoms in total. The van der Waals surface area contributed by atoms with Gasteiger partial charge in [0, 0.05) is 5.75 Å². The smallest absolute Gasteiger partial charge is 0.306 e. The molecule has 0 radical (unpaired) electrons. The van der Waals surface area contributed by atoms with Gasteiger partial charge in [-0.25, -0.2) is 8.42 Å². The minimum atomic E-state index is -3.28. The lowest BCUT2D eigenvalue weighted by molar-refractivity contribution is -0.138. The van der Waals surface area contributed by atoms with Gasteiger partial charge >= 0.3 is 5.97 Å². The van der Waals surface area contributed by atoms with Crippen LogP contribution in [0.25, 0.3) is 0 Å². The van der Waals surface area contributed by atoms with E-state index >= 15 is 0 Å². The monoisotopic (exact) mass is 196 g/mol. The zero-order valence-corrected chi connectivity index (χ0v) is 7.54. The normalized spacial score (nSPS) is 14.2. The number of sulfone groups is 1. The SMILES string of the molecule is CCS(=O)(=O)CC(O)CC(=O)O. The summed E-state index contributed by atoms with van der Waals surface area (Å²) in [5, 5.41) is 17.1. The minimum Gasteiger partial charge on any atom is -0.481 e. The van der Waals surface area contributed by atoms with Crippen LogP contribution in [0, 0.1) is 0 Å². The Hall–Kier alpha value is -0.620. The zero-order chi connectivity index (χ0) is 9.78. The molecule has 6 heteroatoms. The van der Waals surface area contributed by atoms with Crippen molar-refractivity contribution in [2.24, 2.45) is 0 Å². The average Bonchev–Trinajstić information content (AvgIpc) is 1.84.